The van der Waals surface area contributed by atoms with Crippen LogP contribution in [-0.2, 0) is 22.6 Å². The molecule has 0 heterocycles. The van der Waals surface area contributed by atoms with Crippen molar-refractivity contribution in [2.75, 3.05) is 0 Å². The van der Waals surface area contributed by atoms with Gasteiger partial charge in [0, 0.05) is 5.54 Å². The molecular weight excluding hydrogens is 443 g/mol. The van der Waals surface area contributed by atoms with Gasteiger partial charge in [-0.1, -0.05) is 61.9 Å². The van der Waals surface area contributed by atoms with Crippen LogP contribution in [0.2, 0.25) is 0 Å². The molecule has 0 spiro atoms. The second-order valence-electron chi connectivity index (χ2n) is 6.27. The molecule has 2 nitrogen and oxygen atoms in total. The minimum absolute atomic E-state index is 0.0539. The highest BCUT2D eigenvalue weighted by Gasteiger charge is 2.61. The molecule has 1 aliphatic carbocycles. The lowest BCUT2D eigenvalue weighted by Crippen LogP contribution is -2.10. The summed E-state index contributed by atoms with van der Waals surface area (Å²) in [6.45, 7) is 4.48. The number of hydrogen-bond donors (Lipinski definition) is 0. The van der Waals surface area contributed by atoms with Crippen molar-refractivity contribution in [1.82, 2.24) is 0 Å². The summed E-state index contributed by atoms with van der Waals surface area (Å²) in [5.74, 6) is -0.0131. The third-order valence-corrected chi connectivity index (χ3v) is 5.02. The monoisotopic (exact) mass is 460 g/mol. The first kappa shape index (κ1) is 18.8. The molecule has 0 aliphatic heterocycles. The van der Waals surface area contributed by atoms with Gasteiger partial charge in [-0.25, -0.2) is 0 Å². The van der Waals surface area contributed by atoms with E-state index in [1.165, 1.54) is 11.1 Å². The molecule has 1 aliphatic rings. The number of benzene rings is 1. The zero-order valence-electron chi connectivity index (χ0n) is 13.1. The van der Waals surface area contributed by atoms with Crippen LogP contribution in [0.1, 0.15) is 25.0 Å². The highest BCUT2D eigenvalue weighted by Crippen LogP contribution is 2.60. The summed E-state index contributed by atoms with van der Waals surface area (Å²) in [5, 5.41) is 0. The summed E-state index contributed by atoms with van der Waals surface area (Å²) in [6, 6.07) is 8.01. The summed E-state index contributed by atoms with van der Waals surface area (Å²) in [6.07, 6.45) is 4.71. The summed E-state index contributed by atoms with van der Waals surface area (Å²) >= 11 is 12.2. The smallest absolute Gasteiger partial charge is 0.310 e. The number of esters is 1. The van der Waals surface area contributed by atoms with Crippen molar-refractivity contribution in [2.45, 2.75) is 26.9 Å². The highest BCUT2D eigenvalue weighted by molar-refractivity contribution is 9.28. The van der Waals surface area contributed by atoms with Gasteiger partial charge in [0.1, 0.15) is 6.61 Å². The molecule has 2 unspecified atom stereocenters. The number of halogens is 3. The second-order valence-corrected chi connectivity index (χ2v) is 9.30. The topological polar surface area (TPSA) is 26.3 Å². The molecule has 0 amide bonds. The maximum Gasteiger partial charge on any atom is 0.310 e. The molecule has 2 rings (SSSR count). The Labute approximate surface area is 159 Å². The summed E-state index contributed by atoms with van der Waals surface area (Å²) < 4.78 is 6.36. The molecule has 23 heavy (non-hydrogen) atoms. The Morgan fingerprint density at radius 3 is 2.43 bits per heavy atom. The molecule has 5 heteroatoms. The SMILES string of the molecule is CC1(C)C(C=C(Br)Br)C1C(=O)OCc1ccc(CC=CCl)cc1. The fourth-order valence-corrected chi connectivity index (χ4v) is 3.43. The van der Waals surface area contributed by atoms with Crippen LogP contribution in [0.3, 0.4) is 0 Å². The highest BCUT2D eigenvalue weighted by atomic mass is 79.9. The minimum atomic E-state index is -0.133. The van der Waals surface area contributed by atoms with E-state index in [9.17, 15) is 4.79 Å². The molecule has 0 aromatic heterocycles. The van der Waals surface area contributed by atoms with Crippen molar-refractivity contribution in [2.24, 2.45) is 17.3 Å². The maximum atomic E-state index is 12.3. The molecular formula is C18H19Br2ClO2. The van der Waals surface area contributed by atoms with Crippen molar-refractivity contribution in [3.8, 4) is 0 Å². The van der Waals surface area contributed by atoms with E-state index in [1.54, 1.807) is 0 Å². The Bertz CT molecular complexity index is 616. The lowest BCUT2D eigenvalue weighted by Gasteiger charge is -2.06. The van der Waals surface area contributed by atoms with Crippen LogP contribution in [0.5, 0.6) is 0 Å². The zero-order valence-corrected chi connectivity index (χ0v) is 17.0. The van der Waals surface area contributed by atoms with Crippen LogP contribution in [0.15, 0.2) is 45.3 Å². The van der Waals surface area contributed by atoms with Gasteiger partial charge >= 0.3 is 5.97 Å². The molecule has 124 valence electrons. The number of ether oxygens (including phenoxy) is 1. The molecule has 1 fully saturated rings. The number of carbonyl (C=O) groups is 1. The van der Waals surface area contributed by atoms with Gasteiger partial charge in [0.05, 0.1) is 9.31 Å². The van der Waals surface area contributed by atoms with Gasteiger partial charge in [-0.05, 0) is 60.7 Å². The fraction of sp³-hybridized carbons (Fsp3) is 0.389. The predicted octanol–water partition coefficient (Wildman–Crippen LogP) is 5.93. The van der Waals surface area contributed by atoms with E-state index < -0.39 is 0 Å². The molecule has 0 N–H and O–H groups in total. The van der Waals surface area contributed by atoms with Crippen LogP contribution in [0.25, 0.3) is 0 Å². The zero-order chi connectivity index (χ0) is 17.0. The lowest BCUT2D eigenvalue weighted by atomic mass is 10.1. The van der Waals surface area contributed by atoms with Crippen molar-refractivity contribution < 1.29 is 9.53 Å². The fourth-order valence-electron chi connectivity index (χ4n) is 2.77. The van der Waals surface area contributed by atoms with E-state index in [2.05, 4.69) is 45.7 Å². The largest absolute Gasteiger partial charge is 0.461 e. The molecule has 1 aromatic rings. The average molecular weight is 463 g/mol. The van der Waals surface area contributed by atoms with Gasteiger partial charge in [-0.3, -0.25) is 4.79 Å². The van der Waals surface area contributed by atoms with Crippen LogP contribution in [-0.4, -0.2) is 5.97 Å². The Balaban J connectivity index is 1.89. The van der Waals surface area contributed by atoms with Crippen LogP contribution in [0, 0.1) is 17.3 Å². The van der Waals surface area contributed by atoms with Gasteiger partial charge in [0.25, 0.3) is 0 Å². The van der Waals surface area contributed by atoms with Gasteiger partial charge in [-0.15, -0.1) is 0 Å². The van der Waals surface area contributed by atoms with Crippen LogP contribution >= 0.6 is 43.5 Å². The first-order valence-corrected chi connectivity index (χ1v) is 9.41. The summed E-state index contributed by atoms with van der Waals surface area (Å²) in [7, 11) is 0. The van der Waals surface area contributed by atoms with Crippen molar-refractivity contribution >= 4 is 49.4 Å². The average Bonchev–Trinajstić information content (AvgIpc) is 3.03. The number of rotatable bonds is 6. The van der Waals surface area contributed by atoms with E-state index in [0.717, 1.165) is 15.4 Å². The third kappa shape index (κ3) is 4.94. The molecule has 2 atom stereocenters. The van der Waals surface area contributed by atoms with E-state index in [4.69, 9.17) is 16.3 Å². The van der Waals surface area contributed by atoms with Crippen LogP contribution in [0.4, 0.5) is 0 Å². The molecule has 0 bridgehead atoms. The lowest BCUT2D eigenvalue weighted by molar-refractivity contribution is -0.147. The third-order valence-electron chi connectivity index (χ3n) is 4.32. The predicted molar refractivity (Wildman–Crippen MR) is 102 cm³/mol. The normalized spacial score (nSPS) is 22.0. The Hall–Kier alpha value is -0.580. The van der Waals surface area contributed by atoms with E-state index in [-0.39, 0.29) is 23.2 Å². The van der Waals surface area contributed by atoms with Gasteiger partial charge in [0.15, 0.2) is 0 Å². The second kappa shape index (κ2) is 8.00. The summed E-state index contributed by atoms with van der Waals surface area (Å²) in [5.41, 5.74) is 3.63. The first-order chi connectivity index (χ1) is 10.9. The van der Waals surface area contributed by atoms with Crippen molar-refractivity contribution in [3.05, 3.63) is 56.5 Å². The molecule has 0 saturated heterocycles. The summed E-state index contributed by atoms with van der Waals surface area (Å²) in [4.78, 5) is 12.3. The number of hydrogen-bond acceptors (Lipinski definition) is 2. The van der Waals surface area contributed by atoms with Crippen molar-refractivity contribution in [1.29, 1.82) is 0 Å². The van der Waals surface area contributed by atoms with Gasteiger partial charge in [-0.2, -0.15) is 0 Å². The van der Waals surface area contributed by atoms with E-state index in [1.807, 2.05) is 36.4 Å². The Morgan fingerprint density at radius 1 is 1.26 bits per heavy atom. The molecule has 0 radical (unpaired) electrons. The van der Waals surface area contributed by atoms with Crippen LogP contribution < -0.4 is 0 Å². The van der Waals surface area contributed by atoms with Gasteiger partial charge < -0.3 is 4.74 Å². The number of carbonyl (C=O) groups excluding carboxylic acids is 1. The maximum absolute atomic E-state index is 12.3. The molecule has 1 aromatic carbocycles. The number of allylic oxidation sites excluding steroid dienone is 2. The Morgan fingerprint density at radius 2 is 1.87 bits per heavy atom. The molecule has 1 saturated carbocycles. The quantitative estimate of drug-likeness (QED) is 0.490. The van der Waals surface area contributed by atoms with E-state index in [0.29, 0.717) is 6.61 Å². The van der Waals surface area contributed by atoms with E-state index >= 15 is 0 Å². The van der Waals surface area contributed by atoms with Gasteiger partial charge in [0.2, 0.25) is 0 Å². The minimum Gasteiger partial charge on any atom is -0.461 e. The standard InChI is InChI=1S/C18H19Br2ClO2/c1-18(2)14(10-15(19)20)16(18)17(22)23-11-13-7-5-12(6-8-13)4-3-9-21/h3,5-10,14,16H,4,11H2,1-2H3. The Kier molecular flexibility index (Phi) is 6.52. The van der Waals surface area contributed by atoms with Crippen molar-refractivity contribution in [3.63, 3.8) is 0 Å². The first-order valence-electron chi connectivity index (χ1n) is 7.38.